The number of fused-ring (bicyclic) bond motifs is 3. The second kappa shape index (κ2) is 5.39. The zero-order valence-corrected chi connectivity index (χ0v) is 14.3. The van der Waals surface area contributed by atoms with Crippen molar-refractivity contribution in [3.63, 3.8) is 0 Å². The highest BCUT2D eigenvalue weighted by Crippen LogP contribution is 2.42. The largest absolute Gasteiger partial charge is 0.496 e. The molecule has 3 aromatic carbocycles. The van der Waals surface area contributed by atoms with Crippen LogP contribution >= 0.6 is 11.3 Å². The minimum absolute atomic E-state index is 0.925. The minimum atomic E-state index is 0.925. The zero-order chi connectivity index (χ0) is 16.0. The fraction of sp³-hybridized carbons (Fsp3) is 0.143. The third kappa shape index (κ3) is 2.13. The number of para-hydroxylation sites is 1. The lowest BCUT2D eigenvalue weighted by Crippen LogP contribution is -1.92. The summed E-state index contributed by atoms with van der Waals surface area (Å²) in [6.07, 6.45) is 0. The molecule has 1 nitrogen and oxygen atoms in total. The molecule has 2 heteroatoms. The Balaban J connectivity index is 2.11. The number of rotatable bonds is 2. The van der Waals surface area contributed by atoms with Gasteiger partial charge in [-0.15, -0.1) is 11.3 Å². The Morgan fingerprint density at radius 2 is 1.52 bits per heavy atom. The van der Waals surface area contributed by atoms with Gasteiger partial charge < -0.3 is 4.74 Å². The molecule has 114 valence electrons. The van der Waals surface area contributed by atoms with Crippen molar-refractivity contribution in [1.82, 2.24) is 0 Å². The van der Waals surface area contributed by atoms with Crippen LogP contribution in [0.5, 0.6) is 5.75 Å². The summed E-state index contributed by atoms with van der Waals surface area (Å²) < 4.78 is 8.32. The SMILES string of the molecule is COc1ccccc1-c1cc2c(sc3ccccc32)c(C)c1C. The van der Waals surface area contributed by atoms with Crippen LogP contribution in [0.15, 0.2) is 54.6 Å². The van der Waals surface area contributed by atoms with Crippen LogP contribution in [-0.2, 0) is 0 Å². The maximum atomic E-state index is 5.58. The molecule has 4 rings (SSSR count). The first-order chi connectivity index (χ1) is 11.2. The number of aryl methyl sites for hydroxylation is 1. The van der Waals surface area contributed by atoms with Crippen molar-refractivity contribution in [2.75, 3.05) is 7.11 Å². The number of methoxy groups -OCH3 is 1. The minimum Gasteiger partial charge on any atom is -0.496 e. The van der Waals surface area contributed by atoms with Crippen LogP contribution in [0.2, 0.25) is 0 Å². The molecule has 0 aliphatic heterocycles. The number of thiophene rings is 1. The van der Waals surface area contributed by atoms with Crippen molar-refractivity contribution >= 4 is 31.5 Å². The Morgan fingerprint density at radius 1 is 0.783 bits per heavy atom. The molecule has 0 aliphatic rings. The molecule has 4 aromatic rings. The smallest absolute Gasteiger partial charge is 0.126 e. The molecule has 0 unspecified atom stereocenters. The molecule has 1 aromatic heterocycles. The van der Waals surface area contributed by atoms with Gasteiger partial charge in [-0.1, -0.05) is 36.4 Å². The number of hydrogen-bond donors (Lipinski definition) is 0. The quantitative estimate of drug-likeness (QED) is 0.418. The van der Waals surface area contributed by atoms with Gasteiger partial charge in [-0.05, 0) is 48.7 Å². The first-order valence-corrected chi connectivity index (χ1v) is 8.57. The van der Waals surface area contributed by atoms with E-state index in [1.807, 2.05) is 23.5 Å². The van der Waals surface area contributed by atoms with E-state index in [-0.39, 0.29) is 0 Å². The summed E-state index contributed by atoms with van der Waals surface area (Å²) in [6.45, 7) is 4.44. The van der Waals surface area contributed by atoms with Crippen LogP contribution in [0.25, 0.3) is 31.3 Å². The van der Waals surface area contributed by atoms with E-state index in [0.717, 1.165) is 11.3 Å². The fourth-order valence-corrected chi connectivity index (χ4v) is 4.50. The summed E-state index contributed by atoms with van der Waals surface area (Å²) in [7, 11) is 1.74. The molecule has 0 atom stereocenters. The summed E-state index contributed by atoms with van der Waals surface area (Å²) >= 11 is 1.89. The van der Waals surface area contributed by atoms with E-state index in [9.17, 15) is 0 Å². The van der Waals surface area contributed by atoms with Gasteiger partial charge in [-0.3, -0.25) is 0 Å². The average molecular weight is 318 g/mol. The van der Waals surface area contributed by atoms with Crippen LogP contribution in [0, 0.1) is 13.8 Å². The van der Waals surface area contributed by atoms with Crippen molar-refractivity contribution in [2.45, 2.75) is 13.8 Å². The highest BCUT2D eigenvalue weighted by atomic mass is 32.1. The van der Waals surface area contributed by atoms with Crippen molar-refractivity contribution in [3.05, 3.63) is 65.7 Å². The van der Waals surface area contributed by atoms with Gasteiger partial charge in [-0.2, -0.15) is 0 Å². The van der Waals surface area contributed by atoms with Gasteiger partial charge >= 0.3 is 0 Å². The van der Waals surface area contributed by atoms with Crippen LogP contribution < -0.4 is 4.74 Å². The summed E-state index contributed by atoms with van der Waals surface area (Å²) in [5, 5.41) is 2.68. The second-order valence-electron chi connectivity index (χ2n) is 5.85. The summed E-state index contributed by atoms with van der Waals surface area (Å²) in [5.74, 6) is 0.925. The second-order valence-corrected chi connectivity index (χ2v) is 6.90. The summed E-state index contributed by atoms with van der Waals surface area (Å²) in [5.41, 5.74) is 5.11. The normalized spacial score (nSPS) is 11.3. The predicted molar refractivity (Wildman–Crippen MR) is 101 cm³/mol. The third-order valence-corrected chi connectivity index (χ3v) is 5.93. The van der Waals surface area contributed by atoms with Crippen LogP contribution in [-0.4, -0.2) is 7.11 Å². The van der Waals surface area contributed by atoms with Crippen molar-refractivity contribution < 1.29 is 4.74 Å². The topological polar surface area (TPSA) is 9.23 Å². The van der Waals surface area contributed by atoms with Crippen molar-refractivity contribution in [3.8, 4) is 16.9 Å². The number of ether oxygens (including phenoxy) is 1. The van der Waals surface area contributed by atoms with Crippen LogP contribution in [0.3, 0.4) is 0 Å². The predicted octanol–water partition coefficient (Wildman–Crippen LogP) is 6.35. The average Bonchev–Trinajstić information content (AvgIpc) is 2.97. The maximum absolute atomic E-state index is 5.58. The molecular formula is C21H18OS. The highest BCUT2D eigenvalue weighted by molar-refractivity contribution is 7.26. The van der Waals surface area contributed by atoms with Gasteiger partial charge in [0.25, 0.3) is 0 Å². The number of hydrogen-bond acceptors (Lipinski definition) is 2. The Morgan fingerprint density at radius 3 is 2.35 bits per heavy atom. The van der Waals surface area contributed by atoms with Gasteiger partial charge in [0.05, 0.1) is 7.11 Å². The summed E-state index contributed by atoms with van der Waals surface area (Å²) in [4.78, 5) is 0. The lowest BCUT2D eigenvalue weighted by Gasteiger charge is -2.14. The van der Waals surface area contributed by atoms with E-state index < -0.39 is 0 Å². The molecule has 0 spiro atoms. The lowest BCUT2D eigenvalue weighted by molar-refractivity contribution is 0.416. The first-order valence-electron chi connectivity index (χ1n) is 7.75. The van der Waals surface area contributed by atoms with E-state index >= 15 is 0 Å². The molecule has 0 amide bonds. The standard InChI is InChI=1S/C21H18OS/c1-13-14(2)21-18(16-9-5-7-11-20(16)23-21)12-17(13)15-8-4-6-10-19(15)22-3/h4-12H,1-3H3. The third-order valence-electron chi connectivity index (χ3n) is 4.63. The maximum Gasteiger partial charge on any atom is 0.126 e. The summed E-state index contributed by atoms with van der Waals surface area (Å²) in [6, 6.07) is 19.2. The van der Waals surface area contributed by atoms with Gasteiger partial charge in [0.1, 0.15) is 5.75 Å². The molecule has 0 saturated heterocycles. The molecule has 1 heterocycles. The van der Waals surface area contributed by atoms with Crippen LogP contribution in [0.1, 0.15) is 11.1 Å². The van der Waals surface area contributed by atoms with E-state index in [1.54, 1.807) is 7.11 Å². The van der Waals surface area contributed by atoms with Gasteiger partial charge in [-0.25, -0.2) is 0 Å². The van der Waals surface area contributed by atoms with Crippen molar-refractivity contribution in [1.29, 1.82) is 0 Å². The monoisotopic (exact) mass is 318 g/mol. The zero-order valence-electron chi connectivity index (χ0n) is 13.5. The molecular weight excluding hydrogens is 300 g/mol. The molecule has 23 heavy (non-hydrogen) atoms. The number of benzene rings is 3. The Hall–Kier alpha value is -2.32. The Labute approximate surface area is 140 Å². The lowest BCUT2D eigenvalue weighted by atomic mass is 9.94. The first kappa shape index (κ1) is 14.3. The van der Waals surface area contributed by atoms with Crippen LogP contribution in [0.4, 0.5) is 0 Å². The van der Waals surface area contributed by atoms with Gasteiger partial charge in [0.2, 0.25) is 0 Å². The van der Waals surface area contributed by atoms with E-state index in [4.69, 9.17) is 4.74 Å². The Bertz CT molecular complexity index is 1030. The van der Waals surface area contributed by atoms with Gasteiger partial charge in [0, 0.05) is 25.7 Å². The molecule has 0 fully saturated rings. The van der Waals surface area contributed by atoms with E-state index in [1.165, 1.54) is 36.9 Å². The van der Waals surface area contributed by atoms with Gasteiger partial charge in [0.15, 0.2) is 0 Å². The fourth-order valence-electron chi connectivity index (χ4n) is 3.26. The highest BCUT2D eigenvalue weighted by Gasteiger charge is 2.15. The van der Waals surface area contributed by atoms with E-state index in [0.29, 0.717) is 0 Å². The molecule has 0 N–H and O–H groups in total. The Kier molecular flexibility index (Phi) is 3.35. The van der Waals surface area contributed by atoms with Crippen molar-refractivity contribution in [2.24, 2.45) is 0 Å². The van der Waals surface area contributed by atoms with E-state index in [2.05, 4.69) is 56.3 Å². The molecule has 0 saturated carbocycles. The molecule has 0 aliphatic carbocycles. The molecule has 0 radical (unpaired) electrons. The molecule has 0 bridgehead atoms.